The maximum atomic E-state index is 8.71. The molecule has 3 heteroatoms. The number of hydrogen-bond donors (Lipinski definition) is 0. The number of nitrogens with zero attached hydrogens (tertiary/aromatic N) is 1. The van der Waals surface area contributed by atoms with Crippen LogP contribution in [0.3, 0.4) is 0 Å². The third kappa shape index (κ3) is 1.55. The molecule has 0 spiro atoms. The predicted molar refractivity (Wildman–Crippen MR) is 62.7 cm³/mol. The molecule has 2 rings (SSSR count). The molecule has 0 aliphatic rings. The topological polar surface area (TPSA) is 36.9 Å². The van der Waals surface area contributed by atoms with Crippen molar-refractivity contribution in [3.8, 4) is 6.07 Å². The van der Waals surface area contributed by atoms with Crippen LogP contribution in [-0.4, -0.2) is 0 Å². The van der Waals surface area contributed by atoms with Gasteiger partial charge in [-0.15, -0.1) is 0 Å². The maximum Gasteiger partial charge on any atom is 0.134 e. The largest absolute Gasteiger partial charge is 0.464 e. The number of aryl methyl sites for hydroxylation is 2. The monoisotopic (exact) mass is 263 g/mol. The second-order valence-electron chi connectivity index (χ2n) is 3.60. The Morgan fingerprint density at radius 1 is 1.47 bits per heavy atom. The van der Waals surface area contributed by atoms with Crippen LogP contribution in [0.25, 0.3) is 11.0 Å². The molecule has 2 nitrogen and oxygen atoms in total. The van der Waals surface area contributed by atoms with Crippen molar-refractivity contribution in [2.75, 3.05) is 0 Å². The highest BCUT2D eigenvalue weighted by Crippen LogP contribution is 2.32. The third-order valence-corrected chi connectivity index (χ3v) is 3.78. The van der Waals surface area contributed by atoms with E-state index in [1.54, 1.807) is 6.26 Å². The second kappa shape index (κ2) is 3.71. The van der Waals surface area contributed by atoms with Gasteiger partial charge < -0.3 is 4.42 Å². The van der Waals surface area contributed by atoms with Crippen LogP contribution >= 0.6 is 15.9 Å². The first-order valence-corrected chi connectivity index (χ1v) is 5.47. The molecule has 1 aromatic carbocycles. The lowest BCUT2D eigenvalue weighted by Gasteiger charge is -2.04. The average molecular weight is 264 g/mol. The Balaban J connectivity index is 2.81. The van der Waals surface area contributed by atoms with Crippen LogP contribution in [0.1, 0.15) is 16.7 Å². The van der Waals surface area contributed by atoms with Gasteiger partial charge in [-0.3, -0.25) is 0 Å². The van der Waals surface area contributed by atoms with E-state index >= 15 is 0 Å². The van der Waals surface area contributed by atoms with Crippen LogP contribution in [0, 0.1) is 25.2 Å². The zero-order valence-electron chi connectivity index (χ0n) is 8.60. The summed E-state index contributed by atoms with van der Waals surface area (Å²) in [6.45, 7) is 4.07. The van der Waals surface area contributed by atoms with Crippen LogP contribution in [-0.2, 0) is 6.42 Å². The Kier molecular flexibility index (Phi) is 2.54. The normalized spacial score (nSPS) is 10.5. The molecule has 0 atom stereocenters. The molecule has 76 valence electrons. The van der Waals surface area contributed by atoms with Crippen LogP contribution in [0.5, 0.6) is 0 Å². The summed E-state index contributed by atoms with van der Waals surface area (Å²) in [5.41, 5.74) is 4.12. The van der Waals surface area contributed by atoms with E-state index in [9.17, 15) is 0 Å². The van der Waals surface area contributed by atoms with Gasteiger partial charge in [-0.2, -0.15) is 5.26 Å². The predicted octanol–water partition coefficient (Wildman–Crippen LogP) is 3.88. The molecule has 0 unspecified atom stereocenters. The Bertz CT molecular complexity index is 563. The molecular formula is C12H10BrNO. The molecular weight excluding hydrogens is 254 g/mol. The molecule has 1 aromatic heterocycles. The average Bonchev–Trinajstić information content (AvgIpc) is 2.59. The van der Waals surface area contributed by atoms with Crippen LogP contribution in [0.4, 0.5) is 0 Å². The van der Waals surface area contributed by atoms with Gasteiger partial charge in [-0.25, -0.2) is 0 Å². The summed E-state index contributed by atoms with van der Waals surface area (Å²) in [6, 6.07) is 4.14. The minimum atomic E-state index is 0.392. The zero-order valence-corrected chi connectivity index (χ0v) is 10.2. The molecule has 0 N–H and O–H groups in total. The van der Waals surface area contributed by atoms with Gasteiger partial charge in [-0.05, 0) is 31.0 Å². The van der Waals surface area contributed by atoms with Gasteiger partial charge in [0.25, 0.3) is 0 Å². The highest BCUT2D eigenvalue weighted by atomic mass is 79.9. The fraction of sp³-hybridized carbons (Fsp3) is 0.250. The fourth-order valence-electron chi connectivity index (χ4n) is 1.82. The molecule has 0 saturated heterocycles. The number of nitriles is 1. The van der Waals surface area contributed by atoms with E-state index in [1.807, 2.05) is 19.9 Å². The van der Waals surface area contributed by atoms with Crippen molar-refractivity contribution in [3.63, 3.8) is 0 Å². The zero-order chi connectivity index (χ0) is 11.0. The first-order valence-electron chi connectivity index (χ1n) is 4.68. The minimum absolute atomic E-state index is 0.392. The number of hydrogen-bond acceptors (Lipinski definition) is 2. The van der Waals surface area contributed by atoms with E-state index < -0.39 is 0 Å². The molecule has 0 bridgehead atoms. The van der Waals surface area contributed by atoms with Gasteiger partial charge in [0.2, 0.25) is 0 Å². The van der Waals surface area contributed by atoms with Crippen molar-refractivity contribution < 1.29 is 4.42 Å². The summed E-state index contributed by atoms with van der Waals surface area (Å²) < 4.78 is 6.54. The summed E-state index contributed by atoms with van der Waals surface area (Å²) in [4.78, 5) is 0. The fourth-order valence-corrected chi connectivity index (χ4v) is 2.14. The summed E-state index contributed by atoms with van der Waals surface area (Å²) in [5, 5.41) is 9.77. The van der Waals surface area contributed by atoms with Gasteiger partial charge in [0.15, 0.2) is 0 Å². The number of furan rings is 1. The molecule has 0 fully saturated rings. The van der Waals surface area contributed by atoms with Gasteiger partial charge in [0, 0.05) is 15.4 Å². The summed E-state index contributed by atoms with van der Waals surface area (Å²) in [7, 11) is 0. The third-order valence-electron chi connectivity index (χ3n) is 2.56. The Hall–Kier alpha value is -1.27. The minimum Gasteiger partial charge on any atom is -0.464 e. The van der Waals surface area contributed by atoms with E-state index in [4.69, 9.17) is 9.68 Å². The van der Waals surface area contributed by atoms with Crippen molar-refractivity contribution >= 4 is 26.9 Å². The van der Waals surface area contributed by atoms with E-state index in [2.05, 4.69) is 22.0 Å². The molecule has 15 heavy (non-hydrogen) atoms. The lowest BCUT2D eigenvalue weighted by molar-refractivity contribution is 0.611. The highest BCUT2D eigenvalue weighted by Gasteiger charge is 2.12. The summed E-state index contributed by atoms with van der Waals surface area (Å²) >= 11 is 3.55. The summed E-state index contributed by atoms with van der Waals surface area (Å²) in [6.07, 6.45) is 2.07. The summed E-state index contributed by atoms with van der Waals surface area (Å²) in [5.74, 6) is 0. The molecule has 0 aliphatic carbocycles. The van der Waals surface area contributed by atoms with E-state index in [0.717, 1.165) is 32.1 Å². The molecule has 0 radical (unpaired) electrons. The van der Waals surface area contributed by atoms with E-state index in [1.165, 1.54) is 0 Å². The number of halogens is 1. The number of benzene rings is 1. The molecule has 2 aromatic rings. The van der Waals surface area contributed by atoms with Crippen molar-refractivity contribution in [2.45, 2.75) is 20.3 Å². The van der Waals surface area contributed by atoms with Crippen LogP contribution in [0.2, 0.25) is 0 Å². The Labute approximate surface area is 96.6 Å². The Morgan fingerprint density at radius 3 is 2.87 bits per heavy atom. The molecule has 1 heterocycles. The molecule has 0 saturated carbocycles. The first kappa shape index (κ1) is 10.3. The van der Waals surface area contributed by atoms with Crippen molar-refractivity contribution in [1.82, 2.24) is 0 Å². The van der Waals surface area contributed by atoms with Gasteiger partial charge in [0.1, 0.15) is 5.58 Å². The molecule has 0 amide bonds. The molecule has 0 aliphatic heterocycles. The standard InChI is InChI=1S/C12H10BrNO/c1-7-5-10-11(8(2)12(7)13)9(3-4-14)6-15-10/h5-6H,3H2,1-2H3. The van der Waals surface area contributed by atoms with Gasteiger partial charge in [-0.1, -0.05) is 15.9 Å². The van der Waals surface area contributed by atoms with E-state index in [0.29, 0.717) is 6.42 Å². The number of rotatable bonds is 1. The SMILES string of the molecule is Cc1cc2occ(CC#N)c2c(C)c1Br. The number of fused-ring (bicyclic) bond motifs is 1. The van der Waals surface area contributed by atoms with Crippen molar-refractivity contribution in [3.05, 3.63) is 33.5 Å². The van der Waals surface area contributed by atoms with Gasteiger partial charge >= 0.3 is 0 Å². The first-order chi connectivity index (χ1) is 7.15. The lowest BCUT2D eigenvalue weighted by atomic mass is 10.0. The van der Waals surface area contributed by atoms with Crippen molar-refractivity contribution in [2.24, 2.45) is 0 Å². The van der Waals surface area contributed by atoms with Crippen molar-refractivity contribution in [1.29, 1.82) is 5.26 Å². The van der Waals surface area contributed by atoms with Crippen LogP contribution < -0.4 is 0 Å². The quantitative estimate of drug-likeness (QED) is 0.783. The van der Waals surface area contributed by atoms with E-state index in [-0.39, 0.29) is 0 Å². The maximum absolute atomic E-state index is 8.71. The highest BCUT2D eigenvalue weighted by molar-refractivity contribution is 9.10. The second-order valence-corrected chi connectivity index (χ2v) is 4.39. The Morgan fingerprint density at radius 2 is 2.20 bits per heavy atom. The van der Waals surface area contributed by atoms with Gasteiger partial charge in [0.05, 0.1) is 18.8 Å². The smallest absolute Gasteiger partial charge is 0.134 e. The lowest BCUT2D eigenvalue weighted by Crippen LogP contribution is -1.86. The van der Waals surface area contributed by atoms with Crippen LogP contribution in [0.15, 0.2) is 21.2 Å².